The molecule has 0 spiro atoms. The second kappa shape index (κ2) is 4.43. The van der Waals surface area contributed by atoms with Crippen molar-refractivity contribution in [3.05, 3.63) is 29.0 Å². The molecule has 0 aliphatic rings. The van der Waals surface area contributed by atoms with Crippen molar-refractivity contribution in [2.45, 2.75) is 26.6 Å². The fourth-order valence-electron chi connectivity index (χ4n) is 0.783. The van der Waals surface area contributed by atoms with Gasteiger partial charge in [0.05, 0.1) is 12.7 Å². The van der Waals surface area contributed by atoms with Crippen LogP contribution in [0.5, 0.6) is 0 Å². The molecule has 66 valence electrons. The number of nitrogens with zero attached hydrogens (tertiary/aromatic N) is 1. The summed E-state index contributed by atoms with van der Waals surface area (Å²) in [6.07, 6.45) is 1.89. The van der Waals surface area contributed by atoms with Gasteiger partial charge < -0.3 is 4.74 Å². The van der Waals surface area contributed by atoms with Crippen LogP contribution >= 0.6 is 11.6 Å². The van der Waals surface area contributed by atoms with E-state index < -0.39 is 0 Å². The Kier molecular flexibility index (Phi) is 3.50. The molecular formula is C9H12ClNO. The molecule has 12 heavy (non-hydrogen) atoms. The van der Waals surface area contributed by atoms with E-state index >= 15 is 0 Å². The van der Waals surface area contributed by atoms with Crippen LogP contribution in [0.4, 0.5) is 0 Å². The summed E-state index contributed by atoms with van der Waals surface area (Å²) in [5.41, 5.74) is 0.938. The van der Waals surface area contributed by atoms with Gasteiger partial charge in [-0.3, -0.25) is 0 Å². The van der Waals surface area contributed by atoms with Crippen LogP contribution in [0.1, 0.15) is 19.4 Å². The van der Waals surface area contributed by atoms with Gasteiger partial charge in [0.2, 0.25) is 0 Å². The van der Waals surface area contributed by atoms with Gasteiger partial charge in [-0.25, -0.2) is 4.98 Å². The average Bonchev–Trinajstić information content (AvgIpc) is 2.03. The van der Waals surface area contributed by atoms with Crippen LogP contribution in [-0.4, -0.2) is 11.1 Å². The number of halogens is 1. The first-order valence-corrected chi connectivity index (χ1v) is 4.29. The topological polar surface area (TPSA) is 22.1 Å². The molecule has 1 aromatic rings. The van der Waals surface area contributed by atoms with Gasteiger partial charge in [-0.2, -0.15) is 0 Å². The van der Waals surface area contributed by atoms with Crippen molar-refractivity contribution in [1.82, 2.24) is 4.98 Å². The fourth-order valence-corrected chi connectivity index (χ4v) is 0.957. The maximum Gasteiger partial charge on any atom is 0.134 e. The minimum Gasteiger partial charge on any atom is -0.374 e. The molecule has 0 N–H and O–H groups in total. The summed E-state index contributed by atoms with van der Waals surface area (Å²) < 4.78 is 5.38. The van der Waals surface area contributed by atoms with Gasteiger partial charge in [-0.05, 0) is 19.9 Å². The highest BCUT2D eigenvalue weighted by Gasteiger charge is 2.00. The third kappa shape index (κ3) is 2.80. The Morgan fingerprint density at radius 2 is 2.33 bits per heavy atom. The Balaban J connectivity index is 2.57. The van der Waals surface area contributed by atoms with Crippen LogP contribution in [0, 0.1) is 0 Å². The lowest BCUT2D eigenvalue weighted by molar-refractivity contribution is 0.0656. The number of hydrogen-bond donors (Lipinski definition) is 0. The molecule has 0 aliphatic heterocycles. The van der Waals surface area contributed by atoms with Crippen molar-refractivity contribution in [3.8, 4) is 0 Å². The summed E-state index contributed by atoms with van der Waals surface area (Å²) in [7, 11) is 0. The van der Waals surface area contributed by atoms with Crippen LogP contribution in [0.2, 0.25) is 5.15 Å². The van der Waals surface area contributed by atoms with Crippen LogP contribution in [-0.2, 0) is 11.3 Å². The molecule has 0 saturated heterocycles. The smallest absolute Gasteiger partial charge is 0.134 e. The van der Waals surface area contributed by atoms with E-state index in [1.54, 1.807) is 6.20 Å². The molecule has 0 aromatic carbocycles. The Labute approximate surface area is 77.5 Å². The fraction of sp³-hybridized carbons (Fsp3) is 0.444. The third-order valence-corrected chi connectivity index (χ3v) is 1.75. The molecule has 0 atom stereocenters. The second-order valence-electron chi connectivity index (χ2n) is 2.81. The van der Waals surface area contributed by atoms with E-state index in [1.807, 2.05) is 26.0 Å². The van der Waals surface area contributed by atoms with Crippen LogP contribution in [0.3, 0.4) is 0 Å². The molecule has 0 radical (unpaired) electrons. The van der Waals surface area contributed by atoms with Crippen molar-refractivity contribution >= 4 is 11.6 Å². The lowest BCUT2D eigenvalue weighted by atomic mass is 10.3. The van der Waals surface area contributed by atoms with Crippen LogP contribution in [0.25, 0.3) is 0 Å². The molecule has 2 nitrogen and oxygen atoms in total. The highest BCUT2D eigenvalue weighted by Crippen LogP contribution is 2.12. The maximum absolute atomic E-state index is 5.82. The number of aromatic nitrogens is 1. The molecule has 0 amide bonds. The second-order valence-corrected chi connectivity index (χ2v) is 3.17. The maximum atomic E-state index is 5.82. The van der Waals surface area contributed by atoms with E-state index in [2.05, 4.69) is 4.98 Å². The quantitative estimate of drug-likeness (QED) is 0.676. The van der Waals surface area contributed by atoms with Gasteiger partial charge in [0, 0.05) is 11.8 Å². The number of ether oxygens (including phenoxy) is 1. The lowest BCUT2D eigenvalue weighted by Crippen LogP contribution is -2.02. The Bertz CT molecular complexity index is 250. The molecule has 0 unspecified atom stereocenters. The van der Waals surface area contributed by atoms with Crippen LogP contribution in [0.15, 0.2) is 18.3 Å². The monoisotopic (exact) mass is 185 g/mol. The van der Waals surface area contributed by atoms with Gasteiger partial charge in [-0.15, -0.1) is 0 Å². The molecule has 0 saturated carbocycles. The first kappa shape index (κ1) is 9.49. The summed E-state index contributed by atoms with van der Waals surface area (Å²) in [4.78, 5) is 3.94. The molecule has 1 rings (SSSR count). The van der Waals surface area contributed by atoms with Gasteiger partial charge in [0.1, 0.15) is 5.15 Å². The van der Waals surface area contributed by atoms with Crippen molar-refractivity contribution < 1.29 is 4.74 Å². The highest BCUT2D eigenvalue weighted by molar-refractivity contribution is 6.30. The number of hydrogen-bond acceptors (Lipinski definition) is 2. The predicted molar refractivity (Wildman–Crippen MR) is 49.2 cm³/mol. The van der Waals surface area contributed by atoms with Crippen LogP contribution < -0.4 is 0 Å². The molecule has 0 bridgehead atoms. The molecule has 1 heterocycles. The normalized spacial score (nSPS) is 10.7. The van der Waals surface area contributed by atoms with E-state index in [4.69, 9.17) is 16.3 Å². The predicted octanol–water partition coefficient (Wildman–Crippen LogP) is 2.66. The first-order valence-electron chi connectivity index (χ1n) is 3.91. The largest absolute Gasteiger partial charge is 0.374 e. The van der Waals surface area contributed by atoms with Gasteiger partial charge in [-0.1, -0.05) is 17.7 Å². The molecule has 1 aromatic heterocycles. The van der Waals surface area contributed by atoms with E-state index in [-0.39, 0.29) is 6.10 Å². The van der Waals surface area contributed by atoms with Gasteiger partial charge in [0.25, 0.3) is 0 Å². The summed E-state index contributed by atoms with van der Waals surface area (Å²) in [6, 6.07) is 3.77. The zero-order valence-electron chi connectivity index (χ0n) is 7.25. The summed E-state index contributed by atoms with van der Waals surface area (Å²) >= 11 is 5.82. The first-order chi connectivity index (χ1) is 5.70. The molecule has 0 aliphatic carbocycles. The Morgan fingerprint density at radius 3 is 2.92 bits per heavy atom. The minimum atomic E-state index is 0.223. The number of pyridine rings is 1. The summed E-state index contributed by atoms with van der Waals surface area (Å²) in [5, 5.41) is 0.526. The lowest BCUT2D eigenvalue weighted by Gasteiger charge is -2.07. The SMILES string of the molecule is CC(C)OCc1cccnc1Cl. The molecular weight excluding hydrogens is 174 g/mol. The Morgan fingerprint density at radius 1 is 1.58 bits per heavy atom. The molecule has 0 fully saturated rings. The Hall–Kier alpha value is -0.600. The summed E-state index contributed by atoms with van der Waals surface area (Å²) in [5.74, 6) is 0. The highest BCUT2D eigenvalue weighted by atomic mass is 35.5. The average molecular weight is 186 g/mol. The molecule has 3 heteroatoms. The zero-order valence-corrected chi connectivity index (χ0v) is 8.01. The van der Waals surface area contributed by atoms with Crippen molar-refractivity contribution in [1.29, 1.82) is 0 Å². The van der Waals surface area contributed by atoms with Crippen molar-refractivity contribution in [2.75, 3.05) is 0 Å². The van der Waals surface area contributed by atoms with Gasteiger partial charge in [0.15, 0.2) is 0 Å². The van der Waals surface area contributed by atoms with E-state index in [0.717, 1.165) is 5.56 Å². The van der Waals surface area contributed by atoms with Crippen molar-refractivity contribution in [2.24, 2.45) is 0 Å². The standard InChI is InChI=1S/C9H12ClNO/c1-7(2)12-6-8-4-3-5-11-9(8)10/h3-5,7H,6H2,1-2H3. The minimum absolute atomic E-state index is 0.223. The van der Waals surface area contributed by atoms with E-state index in [1.165, 1.54) is 0 Å². The van der Waals surface area contributed by atoms with E-state index in [9.17, 15) is 0 Å². The summed E-state index contributed by atoms with van der Waals surface area (Å²) in [6.45, 7) is 4.51. The zero-order chi connectivity index (χ0) is 8.97. The van der Waals surface area contributed by atoms with E-state index in [0.29, 0.717) is 11.8 Å². The number of rotatable bonds is 3. The third-order valence-electron chi connectivity index (χ3n) is 1.41. The van der Waals surface area contributed by atoms with Gasteiger partial charge >= 0.3 is 0 Å². The van der Waals surface area contributed by atoms with Crippen molar-refractivity contribution in [3.63, 3.8) is 0 Å².